The Morgan fingerprint density at radius 3 is 2.03 bits per heavy atom. The van der Waals surface area contributed by atoms with Crippen LogP contribution in [0.5, 0.6) is 0 Å². The molecule has 1 unspecified atom stereocenters. The van der Waals surface area contributed by atoms with Crippen molar-refractivity contribution in [2.75, 3.05) is 33.8 Å². The molecular formula is C24H28Cl2N2O6. The highest BCUT2D eigenvalue weighted by Gasteiger charge is 2.17. The fourth-order valence-corrected chi connectivity index (χ4v) is 3.78. The summed E-state index contributed by atoms with van der Waals surface area (Å²) in [6, 6.07) is 10.4. The third-order valence-electron chi connectivity index (χ3n) is 4.89. The number of aryl methyl sites for hydroxylation is 1. The van der Waals surface area contributed by atoms with Crippen LogP contribution in [-0.4, -0.2) is 57.7 Å². The highest BCUT2D eigenvalue weighted by Crippen LogP contribution is 2.25. The fraction of sp³-hybridized carbons (Fsp3) is 0.333. The van der Waals surface area contributed by atoms with E-state index in [1.807, 2.05) is 19.9 Å². The molecule has 2 N–H and O–H groups in total. The van der Waals surface area contributed by atoms with Crippen molar-refractivity contribution in [3.05, 3.63) is 63.3 Å². The number of carbonyl (C=O) groups excluding carboxylic acids is 2. The van der Waals surface area contributed by atoms with Gasteiger partial charge in [0, 0.05) is 36.5 Å². The van der Waals surface area contributed by atoms with E-state index >= 15 is 0 Å². The van der Waals surface area contributed by atoms with Gasteiger partial charge >= 0.3 is 11.9 Å². The highest BCUT2D eigenvalue weighted by molar-refractivity contribution is 6.34. The molecule has 0 bridgehead atoms. The molecule has 0 amide bonds. The Labute approximate surface area is 208 Å². The minimum atomic E-state index is -0.462. The number of hydrogen-bond acceptors (Lipinski definition) is 7. The number of aromatic nitrogens is 1. The third kappa shape index (κ3) is 6.87. The average Bonchev–Trinajstić information content (AvgIpc) is 3.17. The van der Waals surface area contributed by atoms with Gasteiger partial charge in [0.25, 0.3) is 0 Å². The maximum absolute atomic E-state index is 11.4. The second kappa shape index (κ2) is 12.6. The number of methoxy groups -OCH3 is 4. The number of fused-ring (bicyclic) bond motifs is 1. The molecule has 0 radical (unpaired) electrons. The molecule has 0 aliphatic heterocycles. The summed E-state index contributed by atoms with van der Waals surface area (Å²) in [5.41, 5.74) is 3.44. The first-order chi connectivity index (χ1) is 16.1. The fourth-order valence-electron chi connectivity index (χ4n) is 3.28. The number of nitrogens with one attached hydrogen (secondary N) is 2. The van der Waals surface area contributed by atoms with Crippen LogP contribution in [0.15, 0.2) is 36.4 Å². The van der Waals surface area contributed by atoms with E-state index in [0.29, 0.717) is 21.2 Å². The molecular weight excluding hydrogens is 483 g/mol. The number of H-pyrrole nitrogens is 1. The summed E-state index contributed by atoms with van der Waals surface area (Å²) in [6.07, 6.45) is -0.376. The molecule has 0 fully saturated rings. The van der Waals surface area contributed by atoms with Gasteiger partial charge in [0.15, 0.2) is 6.29 Å². The molecule has 8 nitrogen and oxygen atoms in total. The molecule has 1 heterocycles. The van der Waals surface area contributed by atoms with Gasteiger partial charge in [-0.05, 0) is 50.2 Å². The van der Waals surface area contributed by atoms with Crippen molar-refractivity contribution in [2.24, 2.45) is 0 Å². The van der Waals surface area contributed by atoms with Gasteiger partial charge in [-0.25, -0.2) is 9.59 Å². The van der Waals surface area contributed by atoms with E-state index in [1.54, 1.807) is 44.6 Å². The van der Waals surface area contributed by atoms with Gasteiger partial charge in [-0.1, -0.05) is 23.2 Å². The van der Waals surface area contributed by atoms with Crippen LogP contribution < -0.4 is 5.32 Å². The lowest BCUT2D eigenvalue weighted by molar-refractivity contribution is -0.109. The molecule has 0 spiro atoms. The van der Waals surface area contributed by atoms with Crippen molar-refractivity contribution in [1.82, 2.24) is 4.98 Å². The second-order valence-corrected chi connectivity index (χ2v) is 8.14. The monoisotopic (exact) mass is 510 g/mol. The first kappa shape index (κ1) is 27.5. The predicted octanol–water partition coefficient (Wildman–Crippen LogP) is 5.46. The summed E-state index contributed by atoms with van der Waals surface area (Å²) >= 11 is 12.0. The minimum Gasteiger partial charge on any atom is -0.465 e. The van der Waals surface area contributed by atoms with E-state index in [-0.39, 0.29) is 12.3 Å². The SMILES string of the molecule is COC(=O)c1cc2cc(C)[nH]c2cc1Cl.COC(=O)c1ccc(NC(C)C(OC)OC)cc1Cl. The topological polar surface area (TPSA) is 98.9 Å². The van der Waals surface area contributed by atoms with Crippen LogP contribution in [0.25, 0.3) is 10.9 Å². The normalized spacial score (nSPS) is 11.6. The number of hydrogen-bond donors (Lipinski definition) is 2. The summed E-state index contributed by atoms with van der Waals surface area (Å²) in [5.74, 6) is -0.878. The van der Waals surface area contributed by atoms with Crippen LogP contribution >= 0.6 is 23.2 Å². The van der Waals surface area contributed by atoms with Crippen molar-refractivity contribution in [3.63, 3.8) is 0 Å². The van der Waals surface area contributed by atoms with Gasteiger partial charge < -0.3 is 29.2 Å². The summed E-state index contributed by atoms with van der Waals surface area (Å²) in [6.45, 7) is 3.87. The average molecular weight is 511 g/mol. The number of halogens is 2. The van der Waals surface area contributed by atoms with Crippen LogP contribution in [0.1, 0.15) is 33.3 Å². The highest BCUT2D eigenvalue weighted by atomic mass is 35.5. The van der Waals surface area contributed by atoms with Gasteiger partial charge in [-0.15, -0.1) is 0 Å². The number of esters is 2. The molecule has 10 heteroatoms. The van der Waals surface area contributed by atoms with E-state index in [2.05, 4.69) is 19.8 Å². The standard InChI is InChI=1S/C13H18ClNO4.C11H10ClNO2/c1-8(13(18-3)19-4)15-9-5-6-10(11(14)7-9)12(16)17-2;1-6-3-7-4-8(11(14)15-2)9(12)5-10(7)13-6/h5-8,13,15H,1-4H3;3-5,13H,1-2H3. The van der Waals surface area contributed by atoms with Gasteiger partial charge in [-0.3, -0.25) is 0 Å². The zero-order valence-corrected chi connectivity index (χ0v) is 21.3. The van der Waals surface area contributed by atoms with Crippen molar-refractivity contribution in [1.29, 1.82) is 0 Å². The van der Waals surface area contributed by atoms with Crippen LogP contribution in [0.2, 0.25) is 10.0 Å². The quantitative estimate of drug-likeness (QED) is 0.321. The number of rotatable bonds is 7. The third-order valence-corrected chi connectivity index (χ3v) is 5.52. The summed E-state index contributed by atoms with van der Waals surface area (Å²) < 4.78 is 19.6. The van der Waals surface area contributed by atoms with E-state index < -0.39 is 11.9 Å². The van der Waals surface area contributed by atoms with Gasteiger partial charge in [0.05, 0.1) is 41.4 Å². The van der Waals surface area contributed by atoms with E-state index in [4.69, 9.17) is 32.7 Å². The van der Waals surface area contributed by atoms with Crippen molar-refractivity contribution >= 4 is 51.7 Å². The maximum atomic E-state index is 11.4. The summed E-state index contributed by atoms with van der Waals surface area (Å²) in [5, 5.41) is 4.87. The Kier molecular flexibility index (Phi) is 10.2. The van der Waals surface area contributed by atoms with Crippen LogP contribution in [0, 0.1) is 6.92 Å². The van der Waals surface area contributed by atoms with Crippen LogP contribution in [-0.2, 0) is 18.9 Å². The van der Waals surface area contributed by atoms with Crippen molar-refractivity contribution in [2.45, 2.75) is 26.2 Å². The number of benzene rings is 2. The molecule has 184 valence electrons. The molecule has 0 saturated carbocycles. The molecule has 0 saturated heterocycles. The van der Waals surface area contributed by atoms with Gasteiger partial charge in [0.2, 0.25) is 0 Å². The first-order valence-electron chi connectivity index (χ1n) is 10.2. The van der Waals surface area contributed by atoms with Crippen molar-refractivity contribution in [3.8, 4) is 0 Å². The zero-order valence-electron chi connectivity index (χ0n) is 19.8. The number of carbonyl (C=O) groups is 2. The molecule has 1 atom stereocenters. The second-order valence-electron chi connectivity index (χ2n) is 7.32. The van der Waals surface area contributed by atoms with E-state index in [0.717, 1.165) is 22.3 Å². The summed E-state index contributed by atoms with van der Waals surface area (Å²) in [7, 11) is 5.79. The molecule has 0 aliphatic rings. The van der Waals surface area contributed by atoms with Gasteiger partial charge in [0.1, 0.15) is 0 Å². The molecule has 34 heavy (non-hydrogen) atoms. The summed E-state index contributed by atoms with van der Waals surface area (Å²) in [4.78, 5) is 25.9. The Morgan fingerprint density at radius 2 is 1.47 bits per heavy atom. The van der Waals surface area contributed by atoms with Gasteiger partial charge in [-0.2, -0.15) is 0 Å². The lowest BCUT2D eigenvalue weighted by atomic mass is 10.1. The smallest absolute Gasteiger partial charge is 0.339 e. The van der Waals surface area contributed by atoms with Crippen molar-refractivity contribution < 1.29 is 28.5 Å². The Hall–Kier alpha value is -2.78. The molecule has 1 aromatic heterocycles. The minimum absolute atomic E-state index is 0.0740. The Balaban J connectivity index is 0.000000246. The maximum Gasteiger partial charge on any atom is 0.339 e. The van der Waals surface area contributed by atoms with E-state index in [9.17, 15) is 9.59 Å². The Bertz CT molecular complexity index is 1140. The lowest BCUT2D eigenvalue weighted by Crippen LogP contribution is -2.33. The number of anilines is 1. The molecule has 0 aliphatic carbocycles. The largest absolute Gasteiger partial charge is 0.465 e. The van der Waals surface area contributed by atoms with Crippen LogP contribution in [0.4, 0.5) is 5.69 Å². The number of ether oxygens (including phenoxy) is 4. The zero-order chi connectivity index (χ0) is 25.4. The van der Waals surface area contributed by atoms with Crippen LogP contribution in [0.3, 0.4) is 0 Å². The molecule has 3 aromatic rings. The first-order valence-corrected chi connectivity index (χ1v) is 11.0. The number of aromatic amines is 1. The lowest BCUT2D eigenvalue weighted by Gasteiger charge is -2.23. The predicted molar refractivity (Wildman–Crippen MR) is 133 cm³/mol. The molecule has 2 aromatic carbocycles. The van der Waals surface area contributed by atoms with E-state index in [1.165, 1.54) is 14.2 Å². The Morgan fingerprint density at radius 1 is 0.882 bits per heavy atom. The molecule has 3 rings (SSSR count).